The van der Waals surface area contributed by atoms with Crippen LogP contribution < -0.4 is 27.0 Å². The van der Waals surface area contributed by atoms with E-state index >= 15 is 0 Å². The molecule has 2 aromatic rings. The molecular weight excluding hydrogens is 777 g/mol. The quantitative estimate of drug-likeness (QED) is 0.0864. The van der Waals surface area contributed by atoms with Gasteiger partial charge in [0.2, 0.25) is 30.5 Å². The SMILES string of the molecule is CC(C)C.CC(CC(=O)NC(CCCCN(C)C1CC2CCC1C2)C(=O)NCC(=O)O)NC(=O)CNC=O.CO.Cc1ccc(C(C)(C)C)cc1.Cc1ccccc1.NC=O. The number of nitrogens with zero attached hydrogens (tertiary/aromatic N) is 1. The Morgan fingerprint density at radius 3 is 1.84 bits per heavy atom. The van der Waals surface area contributed by atoms with Crippen LogP contribution in [0.5, 0.6) is 0 Å². The van der Waals surface area contributed by atoms with Gasteiger partial charge in [-0.25, -0.2) is 0 Å². The molecule has 2 saturated carbocycles. The van der Waals surface area contributed by atoms with Crippen molar-refractivity contribution in [3.05, 3.63) is 71.3 Å². The zero-order valence-electron chi connectivity index (χ0n) is 39.0. The summed E-state index contributed by atoms with van der Waals surface area (Å²) in [4.78, 5) is 68.7. The summed E-state index contributed by atoms with van der Waals surface area (Å²) in [5.41, 5.74) is 8.51. The summed E-state index contributed by atoms with van der Waals surface area (Å²) in [6, 6.07) is 18.3. The van der Waals surface area contributed by atoms with E-state index in [4.69, 9.17) is 15.0 Å². The van der Waals surface area contributed by atoms with E-state index in [0.717, 1.165) is 37.8 Å². The number of primary amides is 1. The number of carboxylic acid groups (broad SMARTS) is 1. The first-order chi connectivity index (χ1) is 28.7. The third kappa shape index (κ3) is 30.0. The average molecular weight is 857 g/mol. The van der Waals surface area contributed by atoms with Crippen LogP contribution in [0.15, 0.2) is 54.6 Å². The minimum Gasteiger partial charge on any atom is -0.480 e. The number of aliphatic hydroxyl groups is 1. The van der Waals surface area contributed by atoms with Gasteiger partial charge in [0.25, 0.3) is 0 Å². The van der Waals surface area contributed by atoms with Crippen molar-refractivity contribution < 1.29 is 39.0 Å². The molecule has 346 valence electrons. The highest BCUT2D eigenvalue weighted by Gasteiger charge is 2.41. The molecule has 14 nitrogen and oxygen atoms in total. The van der Waals surface area contributed by atoms with Crippen LogP contribution in [0.3, 0.4) is 0 Å². The number of carboxylic acids is 1. The Labute approximate surface area is 366 Å². The number of aryl methyl sites for hydroxylation is 2. The summed E-state index contributed by atoms with van der Waals surface area (Å²) in [5.74, 6) is -0.0345. The smallest absolute Gasteiger partial charge is 0.322 e. The van der Waals surface area contributed by atoms with E-state index in [2.05, 4.69) is 131 Å². The van der Waals surface area contributed by atoms with Gasteiger partial charge in [0.05, 0.1) is 6.54 Å². The monoisotopic (exact) mass is 857 g/mol. The summed E-state index contributed by atoms with van der Waals surface area (Å²) in [5, 5.41) is 25.7. The van der Waals surface area contributed by atoms with Gasteiger partial charge in [0, 0.05) is 25.6 Å². The van der Waals surface area contributed by atoms with Gasteiger partial charge in [-0.05, 0) is 102 Å². The molecule has 0 aliphatic heterocycles. The Balaban J connectivity index is 0. The molecule has 2 aliphatic rings. The van der Waals surface area contributed by atoms with E-state index in [9.17, 15) is 24.0 Å². The second-order valence-corrected chi connectivity index (χ2v) is 17.3. The average Bonchev–Trinajstić information content (AvgIpc) is 3.83. The molecule has 2 bridgehead atoms. The molecule has 2 fully saturated rings. The minimum atomic E-state index is -1.16. The van der Waals surface area contributed by atoms with Crippen molar-refractivity contribution in [1.29, 1.82) is 0 Å². The Bertz CT molecular complexity index is 1500. The summed E-state index contributed by atoms with van der Waals surface area (Å²) >= 11 is 0. The standard InChI is InChI=1S/C23H39N5O6.C11H16.C7H8.C4H10.CH3NO.CH4O/c1-15(26-21(31)12-24-14-29)9-20(30)27-18(23(34)25-13-22(32)33)5-3-4-8-28(2)19-11-16-6-7-17(19)10-16;1-9-5-7-10(8-6-9)11(2,3)4;1-7-5-3-2-4-6-7;1-4(2)3;2-1-3;1-2/h14-19H,3-13H2,1-2H3,(H,24,29)(H,25,34)(H,26,31)(H,27,30)(H,32,33);5-8H,1-4H3;2-6H,1H3;4H,1-3H3;1H,(H2,2,3);2H,1H3. The number of unbranched alkanes of at least 4 members (excludes halogenated alkanes) is 1. The van der Waals surface area contributed by atoms with Crippen LogP contribution in [0.1, 0.15) is 117 Å². The molecule has 0 heterocycles. The normalized spacial score (nSPS) is 16.6. The lowest BCUT2D eigenvalue weighted by atomic mass is 9.87. The molecule has 0 spiro atoms. The van der Waals surface area contributed by atoms with Crippen molar-refractivity contribution in [1.82, 2.24) is 26.2 Å². The summed E-state index contributed by atoms with van der Waals surface area (Å²) in [6.45, 7) is 19.3. The number of carbonyl (C=O) groups is 6. The number of fused-ring (bicyclic) bond motifs is 2. The number of hydrogen-bond donors (Lipinski definition) is 7. The van der Waals surface area contributed by atoms with Crippen molar-refractivity contribution in [2.45, 2.75) is 137 Å². The van der Waals surface area contributed by atoms with E-state index in [0.29, 0.717) is 25.3 Å². The number of benzene rings is 2. The highest BCUT2D eigenvalue weighted by atomic mass is 16.4. The van der Waals surface area contributed by atoms with Gasteiger partial charge in [0.1, 0.15) is 12.6 Å². The van der Waals surface area contributed by atoms with E-state index < -0.39 is 42.3 Å². The van der Waals surface area contributed by atoms with Crippen molar-refractivity contribution in [3.63, 3.8) is 0 Å². The maximum atomic E-state index is 12.5. The van der Waals surface area contributed by atoms with Crippen LogP contribution in [-0.4, -0.2) is 104 Å². The largest absolute Gasteiger partial charge is 0.480 e. The molecule has 2 aromatic carbocycles. The lowest BCUT2D eigenvalue weighted by Gasteiger charge is -2.31. The van der Waals surface area contributed by atoms with Gasteiger partial charge in [-0.15, -0.1) is 0 Å². The maximum Gasteiger partial charge on any atom is 0.322 e. The van der Waals surface area contributed by atoms with Gasteiger partial charge < -0.3 is 42.1 Å². The minimum absolute atomic E-state index is 0.0531. The fourth-order valence-corrected chi connectivity index (χ4v) is 6.81. The topological polar surface area (TPSA) is 220 Å². The second kappa shape index (κ2) is 33.8. The van der Waals surface area contributed by atoms with Crippen LogP contribution in [0.25, 0.3) is 0 Å². The van der Waals surface area contributed by atoms with E-state index in [1.54, 1.807) is 6.92 Å². The Kier molecular flexibility index (Phi) is 32.3. The van der Waals surface area contributed by atoms with Gasteiger partial charge in [-0.1, -0.05) is 114 Å². The molecule has 14 heteroatoms. The van der Waals surface area contributed by atoms with Crippen LogP contribution >= 0.6 is 0 Å². The van der Waals surface area contributed by atoms with Gasteiger partial charge in [-0.3, -0.25) is 28.8 Å². The third-order valence-electron chi connectivity index (χ3n) is 9.69. The number of aliphatic hydroxyl groups excluding tert-OH is 1. The Morgan fingerprint density at radius 1 is 0.836 bits per heavy atom. The molecule has 5 unspecified atom stereocenters. The zero-order valence-corrected chi connectivity index (χ0v) is 39.0. The summed E-state index contributed by atoms with van der Waals surface area (Å²) < 4.78 is 0. The maximum absolute atomic E-state index is 12.5. The fourth-order valence-electron chi connectivity index (χ4n) is 6.81. The molecule has 0 aromatic heterocycles. The van der Waals surface area contributed by atoms with Crippen molar-refractivity contribution in [2.75, 3.05) is 33.8 Å². The predicted octanol–water partition coefficient (Wildman–Crippen LogP) is 5.26. The number of nitrogens with two attached hydrogens (primary N) is 1. The molecule has 5 atom stereocenters. The lowest BCUT2D eigenvalue weighted by molar-refractivity contribution is -0.138. The van der Waals surface area contributed by atoms with E-state index in [-0.39, 0.29) is 24.8 Å². The number of nitrogens with one attached hydrogen (secondary N) is 4. The molecule has 4 rings (SSSR count). The summed E-state index contributed by atoms with van der Waals surface area (Å²) in [6.07, 6.45) is 7.89. The number of rotatable bonds is 16. The second-order valence-electron chi connectivity index (χ2n) is 17.3. The first-order valence-corrected chi connectivity index (χ1v) is 21.4. The number of amides is 5. The van der Waals surface area contributed by atoms with Crippen molar-refractivity contribution >= 4 is 36.5 Å². The number of aliphatic carboxylic acids is 1. The molecular formula is C47H80N6O8. The van der Waals surface area contributed by atoms with Gasteiger partial charge >= 0.3 is 5.97 Å². The number of carbonyl (C=O) groups excluding carboxylic acids is 5. The number of hydrogen-bond acceptors (Lipinski definition) is 8. The third-order valence-corrected chi connectivity index (χ3v) is 9.69. The fraction of sp³-hybridized carbons (Fsp3) is 0.617. The molecule has 8 N–H and O–H groups in total. The molecule has 0 radical (unpaired) electrons. The molecule has 2 aliphatic carbocycles. The molecule has 5 amide bonds. The van der Waals surface area contributed by atoms with Crippen LogP contribution in [-0.2, 0) is 34.2 Å². The van der Waals surface area contributed by atoms with Crippen molar-refractivity contribution in [2.24, 2.45) is 23.5 Å². The zero-order chi connectivity index (χ0) is 47.0. The summed E-state index contributed by atoms with van der Waals surface area (Å²) in [7, 11) is 3.16. The molecule has 0 saturated heterocycles. The Morgan fingerprint density at radius 2 is 1.39 bits per heavy atom. The first-order valence-electron chi connectivity index (χ1n) is 21.4. The van der Waals surface area contributed by atoms with Gasteiger partial charge in [0.15, 0.2) is 0 Å². The van der Waals surface area contributed by atoms with Crippen LogP contribution in [0.2, 0.25) is 0 Å². The van der Waals surface area contributed by atoms with Crippen molar-refractivity contribution in [3.8, 4) is 0 Å². The first kappa shape index (κ1) is 58.3. The van der Waals surface area contributed by atoms with E-state index in [1.165, 1.54) is 42.4 Å². The van der Waals surface area contributed by atoms with Crippen LogP contribution in [0, 0.1) is 31.6 Å². The predicted molar refractivity (Wildman–Crippen MR) is 245 cm³/mol. The van der Waals surface area contributed by atoms with Gasteiger partial charge in [-0.2, -0.15) is 0 Å². The Hall–Kier alpha value is -4.82. The highest BCUT2D eigenvalue weighted by molar-refractivity contribution is 5.89. The van der Waals surface area contributed by atoms with E-state index in [1.807, 2.05) is 18.2 Å². The van der Waals surface area contributed by atoms with Crippen LogP contribution in [0.4, 0.5) is 0 Å². The molecule has 61 heavy (non-hydrogen) atoms. The highest BCUT2D eigenvalue weighted by Crippen LogP contribution is 2.46. The lowest BCUT2D eigenvalue weighted by Crippen LogP contribution is -2.49.